The zero-order valence-electron chi connectivity index (χ0n) is 45.0. The Labute approximate surface area is 408 Å². The van der Waals surface area contributed by atoms with Crippen LogP contribution in [0.1, 0.15) is 247 Å². The number of carbonyl (C=O) groups excluding carboxylic acids is 4. The largest absolute Gasteiger partial charge is 0.466 e. The number of rotatable bonds is 41. The molecule has 0 atom stereocenters. The highest BCUT2D eigenvalue weighted by Gasteiger charge is 2.04. The molecule has 388 valence electrons. The van der Waals surface area contributed by atoms with Crippen molar-refractivity contribution in [3.63, 3.8) is 0 Å². The van der Waals surface area contributed by atoms with Crippen LogP contribution in [-0.4, -0.2) is 76.3 Å². The summed E-state index contributed by atoms with van der Waals surface area (Å²) in [5, 5.41) is 0. The average Bonchev–Trinajstić information content (AvgIpc) is 3.28. The van der Waals surface area contributed by atoms with Gasteiger partial charge in [-0.15, -0.1) is 0 Å². The number of ether oxygens (including phenoxy) is 4. The second kappa shape index (κ2) is 56.1. The van der Waals surface area contributed by atoms with Crippen molar-refractivity contribution in [2.45, 2.75) is 247 Å². The fourth-order valence-corrected chi connectivity index (χ4v) is 6.49. The molecule has 0 aliphatic heterocycles. The molecule has 0 unspecified atom stereocenters. The van der Waals surface area contributed by atoms with Gasteiger partial charge in [-0.3, -0.25) is 0 Å². The molecule has 0 bridgehead atoms. The Morgan fingerprint density at radius 3 is 0.697 bits per heavy atom. The van der Waals surface area contributed by atoms with Gasteiger partial charge in [0.2, 0.25) is 0 Å². The summed E-state index contributed by atoms with van der Waals surface area (Å²) >= 11 is 0. The van der Waals surface area contributed by atoms with E-state index in [0.29, 0.717) is 42.1 Å². The maximum Gasteiger partial charge on any atom is 0.333 e. The Morgan fingerprint density at radius 1 is 0.333 bits per heavy atom. The minimum absolute atomic E-state index is 0.254. The van der Waals surface area contributed by atoms with Crippen molar-refractivity contribution < 1.29 is 38.1 Å². The fourth-order valence-electron chi connectivity index (χ4n) is 6.49. The van der Waals surface area contributed by atoms with Crippen LogP contribution < -0.4 is 0 Å². The minimum Gasteiger partial charge on any atom is -0.466 e. The van der Waals surface area contributed by atoms with Crippen LogP contribution in [0.25, 0.3) is 0 Å². The number of nitrogens with zero attached hydrogens (tertiary/aromatic N) is 1. The van der Waals surface area contributed by atoms with Gasteiger partial charge in [-0.05, 0) is 54.6 Å². The Kier molecular flexibility index (Phi) is 59.0. The molecule has 9 heteroatoms. The minimum atomic E-state index is -0.347. The molecule has 0 rings (SSSR count). The highest BCUT2D eigenvalue weighted by Crippen LogP contribution is 2.15. The molecule has 9 nitrogen and oxygen atoms in total. The molecular formula is C57H107NO8. The lowest BCUT2D eigenvalue weighted by Crippen LogP contribution is -2.20. The number of carbonyl (C=O) groups is 4. The number of likely N-dealkylation sites (N-methyl/N-ethyl adjacent to an activating group) is 1. The van der Waals surface area contributed by atoms with E-state index in [1.54, 1.807) is 27.7 Å². The molecule has 66 heavy (non-hydrogen) atoms. The summed E-state index contributed by atoms with van der Waals surface area (Å²) in [5.74, 6) is -1.17. The topological polar surface area (TPSA) is 108 Å². The van der Waals surface area contributed by atoms with Crippen LogP contribution in [0.4, 0.5) is 0 Å². The zero-order chi connectivity index (χ0) is 50.5. The lowest BCUT2D eigenvalue weighted by Gasteiger charge is -2.09. The predicted molar refractivity (Wildman–Crippen MR) is 282 cm³/mol. The van der Waals surface area contributed by atoms with Crippen molar-refractivity contribution in [2.24, 2.45) is 0 Å². The molecule has 0 aliphatic carbocycles. The molecule has 0 heterocycles. The first-order valence-electron chi connectivity index (χ1n) is 26.4. The molecule has 0 fully saturated rings. The van der Waals surface area contributed by atoms with Crippen LogP contribution in [0.2, 0.25) is 0 Å². The molecule has 0 radical (unpaired) electrons. The summed E-state index contributed by atoms with van der Waals surface area (Å²) in [5.41, 5.74) is 1.87. The molecule has 0 spiro atoms. The van der Waals surface area contributed by atoms with E-state index in [1.807, 2.05) is 19.0 Å². The smallest absolute Gasteiger partial charge is 0.333 e. The number of unbranched alkanes of at least 4 members (excludes halogenated alkanes) is 30. The van der Waals surface area contributed by atoms with Gasteiger partial charge in [-0.2, -0.15) is 0 Å². The van der Waals surface area contributed by atoms with Gasteiger partial charge in [0.15, 0.2) is 0 Å². The summed E-state index contributed by atoms with van der Waals surface area (Å²) in [7, 11) is 5.18. The molecule has 0 amide bonds. The molecular weight excluding hydrogens is 827 g/mol. The molecule has 0 N–H and O–H groups in total. The van der Waals surface area contributed by atoms with Crippen LogP contribution in [0.15, 0.2) is 48.6 Å². The van der Waals surface area contributed by atoms with E-state index in [2.05, 4.69) is 44.9 Å². The summed E-state index contributed by atoms with van der Waals surface area (Å²) < 4.78 is 19.3. The van der Waals surface area contributed by atoms with Gasteiger partial charge < -0.3 is 23.8 Å². The van der Waals surface area contributed by atoms with E-state index in [9.17, 15) is 19.2 Å². The van der Waals surface area contributed by atoms with Crippen molar-refractivity contribution in [3.05, 3.63) is 48.6 Å². The van der Waals surface area contributed by atoms with Crippen LogP contribution in [0, 0.1) is 0 Å². The Bertz CT molecular complexity index is 1130. The van der Waals surface area contributed by atoms with E-state index >= 15 is 0 Å². The van der Waals surface area contributed by atoms with Gasteiger partial charge in [0.1, 0.15) is 6.61 Å². The van der Waals surface area contributed by atoms with Crippen molar-refractivity contribution >= 4 is 23.9 Å². The van der Waals surface area contributed by atoms with Gasteiger partial charge in [0.25, 0.3) is 0 Å². The maximum atomic E-state index is 11.2. The SMILES string of the molecule is C=C(C)C(=O)OC.C=C(C)C(=O)OCCCCCCCCCCCCCCCCCC.C=C(C)C(=O)OCCCCCCCCCCCCCCCCCC.C=C(C)C(=O)OCCN(C)C. The van der Waals surface area contributed by atoms with Crippen molar-refractivity contribution in [1.82, 2.24) is 4.90 Å². The normalized spacial score (nSPS) is 10.3. The molecule has 0 saturated carbocycles. The van der Waals surface area contributed by atoms with E-state index < -0.39 is 0 Å². The average molecular weight is 934 g/mol. The van der Waals surface area contributed by atoms with E-state index in [0.717, 1.165) is 19.4 Å². The van der Waals surface area contributed by atoms with Crippen LogP contribution in [0.3, 0.4) is 0 Å². The summed E-state index contributed by atoms with van der Waals surface area (Å²) in [4.78, 5) is 45.3. The van der Waals surface area contributed by atoms with Crippen LogP contribution in [-0.2, 0) is 38.1 Å². The number of methoxy groups -OCH3 is 1. The first kappa shape index (κ1) is 69.4. The lowest BCUT2D eigenvalue weighted by atomic mass is 10.0. The van der Waals surface area contributed by atoms with Gasteiger partial charge in [0, 0.05) is 28.8 Å². The van der Waals surface area contributed by atoms with E-state index in [-0.39, 0.29) is 23.9 Å². The monoisotopic (exact) mass is 934 g/mol. The first-order chi connectivity index (χ1) is 31.6. The molecule has 0 aromatic carbocycles. The fraction of sp³-hybridized carbons (Fsp3) is 0.789. The predicted octanol–water partition coefficient (Wildman–Crippen LogP) is 16.1. The lowest BCUT2D eigenvalue weighted by molar-refractivity contribution is -0.140. The Hall–Kier alpha value is -3.20. The van der Waals surface area contributed by atoms with Gasteiger partial charge in [-0.1, -0.05) is 233 Å². The third-order valence-corrected chi connectivity index (χ3v) is 10.8. The van der Waals surface area contributed by atoms with Crippen LogP contribution >= 0.6 is 0 Å². The van der Waals surface area contributed by atoms with Crippen molar-refractivity contribution in [2.75, 3.05) is 47.6 Å². The van der Waals surface area contributed by atoms with Crippen molar-refractivity contribution in [3.8, 4) is 0 Å². The first-order valence-corrected chi connectivity index (χ1v) is 26.4. The highest BCUT2D eigenvalue weighted by atomic mass is 16.5. The summed E-state index contributed by atoms with van der Waals surface area (Å²) in [6.07, 6.45) is 43.5. The second-order valence-corrected chi connectivity index (χ2v) is 18.4. The van der Waals surface area contributed by atoms with Crippen LogP contribution in [0.5, 0.6) is 0 Å². The molecule has 0 aromatic rings. The standard InChI is InChI=1S/2C22H42O2.C8H15NO2.C5H8O2/c2*1-4-5-6-7-8-9-10-11-12-13-14-15-16-17-18-19-20-24-22(23)21(2)3;1-7(2)8(10)11-6-5-9(3)4;1-4(2)5(6)7-3/h2*2,4-20H2,1,3H3;1,5-6H2,2-4H3;1H2,2-3H3. The number of esters is 4. The number of hydrogen-bond acceptors (Lipinski definition) is 9. The molecule has 0 aromatic heterocycles. The third-order valence-electron chi connectivity index (χ3n) is 10.8. The molecule has 0 saturated heterocycles. The summed E-state index contributed by atoms with van der Waals surface area (Å²) in [6, 6.07) is 0. The van der Waals surface area contributed by atoms with Gasteiger partial charge >= 0.3 is 23.9 Å². The maximum absolute atomic E-state index is 11.2. The Morgan fingerprint density at radius 2 is 0.530 bits per heavy atom. The quantitative estimate of drug-likeness (QED) is 0.0256. The highest BCUT2D eigenvalue weighted by molar-refractivity contribution is 5.88. The van der Waals surface area contributed by atoms with E-state index in [4.69, 9.17) is 14.2 Å². The zero-order valence-corrected chi connectivity index (χ0v) is 45.0. The second-order valence-electron chi connectivity index (χ2n) is 18.4. The van der Waals surface area contributed by atoms with Gasteiger partial charge in [-0.25, -0.2) is 19.2 Å². The van der Waals surface area contributed by atoms with Crippen molar-refractivity contribution in [1.29, 1.82) is 0 Å². The molecule has 0 aliphatic rings. The Balaban J connectivity index is -0.000000427. The summed E-state index contributed by atoms with van der Waals surface area (Å²) in [6.45, 7) is 27.4. The number of hydrogen-bond donors (Lipinski definition) is 0. The third kappa shape index (κ3) is 62.9. The van der Waals surface area contributed by atoms with E-state index in [1.165, 1.54) is 200 Å². The van der Waals surface area contributed by atoms with Gasteiger partial charge in [0.05, 0.1) is 20.3 Å².